The van der Waals surface area contributed by atoms with E-state index in [1.54, 1.807) is 13.1 Å². The quantitative estimate of drug-likeness (QED) is 0.855. The summed E-state index contributed by atoms with van der Waals surface area (Å²) in [7, 11) is 1.80. The first-order valence-electron chi connectivity index (χ1n) is 5.78. The van der Waals surface area contributed by atoms with Crippen LogP contribution in [0.4, 0.5) is 5.69 Å². The van der Waals surface area contributed by atoms with Gasteiger partial charge in [0.1, 0.15) is 5.82 Å². The number of pyridine rings is 1. The number of carboxylic acids is 1. The van der Waals surface area contributed by atoms with Crippen molar-refractivity contribution in [2.75, 3.05) is 12.4 Å². The van der Waals surface area contributed by atoms with Crippen LogP contribution < -0.4 is 5.32 Å². The molecule has 18 heavy (non-hydrogen) atoms. The molecule has 0 unspecified atom stereocenters. The topological polar surface area (TPSA) is 66.6 Å². The smallest absolute Gasteiger partial charge is 0.356 e. The minimum atomic E-state index is -1.00. The van der Waals surface area contributed by atoms with Gasteiger partial charge < -0.3 is 14.8 Å². The van der Waals surface area contributed by atoms with Crippen LogP contribution in [-0.4, -0.2) is 27.5 Å². The average molecular weight is 247 g/mol. The lowest BCUT2D eigenvalue weighted by molar-refractivity contribution is 0.0693. The van der Waals surface area contributed by atoms with Gasteiger partial charge in [-0.2, -0.15) is 0 Å². The predicted octanol–water partition coefficient (Wildman–Crippen LogP) is 2.37. The second-order valence-corrected chi connectivity index (χ2v) is 5.26. The molecule has 5 heteroatoms. The fourth-order valence-electron chi connectivity index (χ4n) is 1.93. The molecule has 0 aromatic carbocycles. The number of carbonyl (C=O) groups is 1. The molecule has 2 rings (SSSR count). The summed E-state index contributed by atoms with van der Waals surface area (Å²) in [5.74, 6) is -0.256. The van der Waals surface area contributed by atoms with Gasteiger partial charge in [-0.1, -0.05) is 20.8 Å². The van der Waals surface area contributed by atoms with Gasteiger partial charge in [-0.15, -0.1) is 0 Å². The van der Waals surface area contributed by atoms with Crippen molar-refractivity contribution in [1.82, 2.24) is 9.38 Å². The number of aromatic carboxylic acids is 1. The summed E-state index contributed by atoms with van der Waals surface area (Å²) in [6, 6.07) is 3.70. The molecule has 0 radical (unpaired) electrons. The van der Waals surface area contributed by atoms with Crippen LogP contribution in [0.2, 0.25) is 0 Å². The summed E-state index contributed by atoms with van der Waals surface area (Å²) >= 11 is 0. The monoisotopic (exact) mass is 247 g/mol. The first kappa shape index (κ1) is 12.4. The molecule has 5 nitrogen and oxygen atoms in total. The standard InChI is InChI=1S/C13H17N3O2/c1-13(2,3)12-15-10(11(17)18)9-7-8(14-4)5-6-16(9)12/h5-7,14H,1-4H3,(H,17,18). The Labute approximate surface area is 105 Å². The van der Waals surface area contributed by atoms with E-state index < -0.39 is 5.97 Å². The molecule has 0 atom stereocenters. The second-order valence-electron chi connectivity index (χ2n) is 5.26. The van der Waals surface area contributed by atoms with E-state index in [1.807, 2.05) is 37.4 Å². The van der Waals surface area contributed by atoms with Gasteiger partial charge in [0.25, 0.3) is 0 Å². The van der Waals surface area contributed by atoms with Gasteiger partial charge in [-0.25, -0.2) is 9.78 Å². The number of imidazole rings is 1. The van der Waals surface area contributed by atoms with Gasteiger partial charge in [0, 0.05) is 24.3 Å². The van der Waals surface area contributed by atoms with E-state index in [2.05, 4.69) is 10.3 Å². The largest absolute Gasteiger partial charge is 0.476 e. The van der Waals surface area contributed by atoms with Gasteiger partial charge in [-0.05, 0) is 12.1 Å². The maximum Gasteiger partial charge on any atom is 0.356 e. The summed E-state index contributed by atoms with van der Waals surface area (Å²) in [4.78, 5) is 15.5. The normalized spacial score (nSPS) is 11.8. The molecular weight excluding hydrogens is 230 g/mol. The lowest BCUT2D eigenvalue weighted by Gasteiger charge is -2.16. The Morgan fingerprint density at radius 1 is 1.44 bits per heavy atom. The Hall–Kier alpha value is -2.04. The molecule has 0 saturated heterocycles. The van der Waals surface area contributed by atoms with Crippen molar-refractivity contribution in [3.63, 3.8) is 0 Å². The van der Waals surface area contributed by atoms with Gasteiger partial charge in [0.2, 0.25) is 0 Å². The Balaban J connectivity index is 2.80. The van der Waals surface area contributed by atoms with Crippen molar-refractivity contribution < 1.29 is 9.90 Å². The number of hydrogen-bond donors (Lipinski definition) is 2. The molecule has 0 saturated carbocycles. The molecule has 2 heterocycles. The van der Waals surface area contributed by atoms with E-state index in [4.69, 9.17) is 0 Å². The molecular formula is C13H17N3O2. The number of hydrogen-bond acceptors (Lipinski definition) is 3. The highest BCUT2D eigenvalue weighted by Gasteiger charge is 2.24. The van der Waals surface area contributed by atoms with Crippen LogP contribution in [0.5, 0.6) is 0 Å². The summed E-state index contributed by atoms with van der Waals surface area (Å²) < 4.78 is 1.84. The molecule has 0 bridgehead atoms. The maximum atomic E-state index is 11.3. The summed E-state index contributed by atoms with van der Waals surface area (Å²) in [6.45, 7) is 6.04. The second kappa shape index (κ2) is 4.01. The summed E-state index contributed by atoms with van der Waals surface area (Å²) in [5.41, 5.74) is 1.36. The molecule has 0 fully saturated rings. The number of nitrogens with one attached hydrogen (secondary N) is 1. The van der Waals surface area contributed by atoms with Crippen LogP contribution in [0.1, 0.15) is 37.1 Å². The fraction of sp³-hybridized carbons (Fsp3) is 0.385. The third kappa shape index (κ3) is 1.92. The first-order valence-corrected chi connectivity index (χ1v) is 5.78. The minimum Gasteiger partial charge on any atom is -0.476 e. The number of nitrogens with zero attached hydrogens (tertiary/aromatic N) is 2. The van der Waals surface area contributed by atoms with Crippen LogP contribution in [0.25, 0.3) is 5.52 Å². The van der Waals surface area contributed by atoms with Gasteiger partial charge in [0.15, 0.2) is 5.69 Å². The van der Waals surface area contributed by atoms with Crippen LogP contribution in [-0.2, 0) is 5.41 Å². The number of fused-ring (bicyclic) bond motifs is 1. The van der Waals surface area contributed by atoms with Gasteiger partial charge in [0.05, 0.1) is 5.52 Å². The predicted molar refractivity (Wildman–Crippen MR) is 70.4 cm³/mol. The molecule has 0 aliphatic heterocycles. The van der Waals surface area contributed by atoms with Crippen molar-refractivity contribution in [3.05, 3.63) is 29.8 Å². The van der Waals surface area contributed by atoms with Gasteiger partial charge in [-0.3, -0.25) is 0 Å². The van der Waals surface area contributed by atoms with Crippen molar-refractivity contribution in [3.8, 4) is 0 Å². The van der Waals surface area contributed by atoms with E-state index >= 15 is 0 Å². The Kier molecular flexibility index (Phi) is 2.77. The molecule has 2 N–H and O–H groups in total. The molecule has 2 aromatic rings. The van der Waals surface area contributed by atoms with E-state index in [-0.39, 0.29) is 11.1 Å². The SMILES string of the molecule is CNc1ccn2c(C(C)(C)C)nc(C(=O)O)c2c1. The zero-order valence-corrected chi connectivity index (χ0v) is 11.0. The highest BCUT2D eigenvalue weighted by atomic mass is 16.4. The number of carboxylic acid groups (broad SMARTS) is 1. The third-order valence-electron chi connectivity index (χ3n) is 2.81. The zero-order chi connectivity index (χ0) is 13.5. The van der Waals surface area contributed by atoms with Crippen molar-refractivity contribution in [2.24, 2.45) is 0 Å². The van der Waals surface area contributed by atoms with Crippen LogP contribution in [0.15, 0.2) is 18.3 Å². The molecule has 0 spiro atoms. The van der Waals surface area contributed by atoms with E-state index in [1.165, 1.54) is 0 Å². The summed E-state index contributed by atoms with van der Waals surface area (Å²) in [5, 5.41) is 12.2. The van der Waals surface area contributed by atoms with Crippen molar-refractivity contribution >= 4 is 17.2 Å². The maximum absolute atomic E-state index is 11.3. The molecule has 2 aromatic heterocycles. The van der Waals surface area contributed by atoms with E-state index in [0.29, 0.717) is 5.52 Å². The lowest BCUT2D eigenvalue weighted by atomic mass is 9.96. The van der Waals surface area contributed by atoms with E-state index in [9.17, 15) is 9.90 Å². The van der Waals surface area contributed by atoms with Crippen LogP contribution in [0, 0.1) is 0 Å². The van der Waals surface area contributed by atoms with Gasteiger partial charge >= 0.3 is 5.97 Å². The number of rotatable bonds is 2. The highest BCUT2D eigenvalue weighted by Crippen LogP contribution is 2.26. The van der Waals surface area contributed by atoms with Crippen molar-refractivity contribution in [1.29, 1.82) is 0 Å². The zero-order valence-electron chi connectivity index (χ0n) is 11.0. The first-order chi connectivity index (χ1) is 8.34. The highest BCUT2D eigenvalue weighted by molar-refractivity contribution is 5.94. The average Bonchev–Trinajstić information content (AvgIpc) is 2.66. The Morgan fingerprint density at radius 3 is 2.61 bits per heavy atom. The third-order valence-corrected chi connectivity index (χ3v) is 2.81. The fourth-order valence-corrected chi connectivity index (χ4v) is 1.93. The minimum absolute atomic E-state index is 0.0945. The number of aromatic nitrogens is 2. The molecule has 0 aliphatic rings. The van der Waals surface area contributed by atoms with Crippen LogP contribution in [0.3, 0.4) is 0 Å². The molecule has 96 valence electrons. The number of anilines is 1. The Morgan fingerprint density at radius 2 is 2.11 bits per heavy atom. The van der Waals surface area contributed by atoms with Crippen molar-refractivity contribution in [2.45, 2.75) is 26.2 Å². The molecule has 0 aliphatic carbocycles. The summed E-state index contributed by atoms with van der Waals surface area (Å²) in [6.07, 6.45) is 1.85. The molecule has 0 amide bonds. The Bertz CT molecular complexity index is 608. The lowest BCUT2D eigenvalue weighted by Crippen LogP contribution is -2.16. The van der Waals surface area contributed by atoms with Crippen LogP contribution >= 0.6 is 0 Å². The van der Waals surface area contributed by atoms with E-state index in [0.717, 1.165) is 11.5 Å².